The van der Waals surface area contributed by atoms with Crippen LogP contribution in [0.25, 0.3) is 0 Å². The van der Waals surface area contributed by atoms with Crippen LogP contribution in [0.15, 0.2) is 0 Å². The summed E-state index contributed by atoms with van der Waals surface area (Å²) in [5, 5.41) is 10.6. The molecule has 0 spiro atoms. The van der Waals surface area contributed by atoms with E-state index in [9.17, 15) is 18.3 Å². The van der Waals surface area contributed by atoms with Crippen LogP contribution in [0.2, 0.25) is 0 Å². The number of amides is 1. The zero-order chi connectivity index (χ0) is 11.9. The average molecular weight is 248 g/mol. The van der Waals surface area contributed by atoms with Gasteiger partial charge in [0.2, 0.25) is 0 Å². The van der Waals surface area contributed by atoms with Gasteiger partial charge in [-0.25, -0.2) is 0 Å². The number of fused-ring (bicyclic) bond motifs is 1. The minimum atomic E-state index is -3.41. The lowest BCUT2D eigenvalue weighted by Crippen LogP contribution is -2.40. The van der Waals surface area contributed by atoms with Gasteiger partial charge in [-0.1, -0.05) is 0 Å². The highest BCUT2D eigenvalue weighted by molar-refractivity contribution is 7.86. The van der Waals surface area contributed by atoms with Crippen LogP contribution < -0.4 is 5.11 Å². The summed E-state index contributed by atoms with van der Waals surface area (Å²) in [6.07, 6.45) is 0.835. The summed E-state index contributed by atoms with van der Waals surface area (Å²) in [5.41, 5.74) is 0. The van der Waals surface area contributed by atoms with Crippen LogP contribution in [0.3, 0.4) is 0 Å². The van der Waals surface area contributed by atoms with Crippen molar-refractivity contribution in [3.63, 3.8) is 0 Å². The van der Waals surface area contributed by atoms with E-state index in [4.69, 9.17) is 4.18 Å². The SMILES string of the molecule is CS(=O)(=O)OC1C[C@@H]2CN(C(=O)[O-])C[C@@H]2C1. The molecule has 16 heavy (non-hydrogen) atoms. The zero-order valence-corrected chi connectivity index (χ0v) is 9.77. The zero-order valence-electron chi connectivity index (χ0n) is 8.96. The first-order valence-corrected chi connectivity index (χ1v) is 7.01. The quantitative estimate of drug-likeness (QED) is 0.586. The number of nitrogens with zero attached hydrogens (tertiary/aromatic N) is 1. The minimum absolute atomic E-state index is 0.213. The molecule has 3 atom stereocenters. The number of hydrogen-bond donors (Lipinski definition) is 0. The summed E-state index contributed by atoms with van der Waals surface area (Å²) in [6.45, 7) is 0.882. The molecule has 0 radical (unpaired) electrons. The highest BCUT2D eigenvalue weighted by Crippen LogP contribution is 2.39. The van der Waals surface area contributed by atoms with Gasteiger partial charge in [0.1, 0.15) is 6.09 Å². The molecule has 2 fully saturated rings. The Morgan fingerprint density at radius 3 is 2.19 bits per heavy atom. The maximum atomic E-state index is 10.9. The largest absolute Gasteiger partial charge is 0.530 e. The monoisotopic (exact) mass is 248 g/mol. The van der Waals surface area contributed by atoms with E-state index in [-0.39, 0.29) is 17.9 Å². The van der Waals surface area contributed by atoms with Gasteiger partial charge in [0, 0.05) is 13.1 Å². The van der Waals surface area contributed by atoms with E-state index in [2.05, 4.69) is 0 Å². The average Bonchev–Trinajstić information content (AvgIpc) is 2.56. The molecule has 0 aromatic heterocycles. The van der Waals surface area contributed by atoms with Crippen LogP contribution in [0.1, 0.15) is 12.8 Å². The van der Waals surface area contributed by atoms with E-state index in [0.29, 0.717) is 25.9 Å². The molecule has 1 aliphatic heterocycles. The molecule has 6 nitrogen and oxygen atoms in total. The molecule has 0 bridgehead atoms. The van der Waals surface area contributed by atoms with Gasteiger partial charge in [0.15, 0.2) is 0 Å². The normalized spacial score (nSPS) is 34.1. The second-order valence-corrected chi connectivity index (χ2v) is 6.19. The van der Waals surface area contributed by atoms with Crippen molar-refractivity contribution in [3.8, 4) is 0 Å². The second kappa shape index (κ2) is 3.89. The number of rotatable bonds is 2. The summed E-state index contributed by atoms with van der Waals surface area (Å²) in [4.78, 5) is 11.9. The van der Waals surface area contributed by atoms with E-state index in [1.54, 1.807) is 0 Å². The second-order valence-electron chi connectivity index (χ2n) is 4.58. The molecule has 0 aromatic rings. The molecule has 1 saturated heterocycles. The number of carbonyl (C=O) groups excluding carboxylic acids is 1. The molecule has 1 unspecified atom stereocenters. The molecule has 1 heterocycles. The van der Waals surface area contributed by atoms with Crippen molar-refractivity contribution in [3.05, 3.63) is 0 Å². The Morgan fingerprint density at radius 1 is 1.31 bits per heavy atom. The highest BCUT2D eigenvalue weighted by Gasteiger charge is 2.42. The van der Waals surface area contributed by atoms with Gasteiger partial charge in [-0.3, -0.25) is 4.18 Å². The van der Waals surface area contributed by atoms with Crippen LogP contribution in [-0.2, 0) is 14.3 Å². The Kier molecular flexibility index (Phi) is 2.83. The number of hydrogen-bond acceptors (Lipinski definition) is 5. The standard InChI is InChI=1S/C9H15NO5S/c1-16(13,14)15-8-2-6-4-10(9(11)12)5-7(6)3-8/h6-8H,2-5H2,1H3,(H,11,12)/p-1/t6-,7+,8?. The Hall–Kier alpha value is -0.820. The van der Waals surface area contributed by atoms with E-state index >= 15 is 0 Å². The fourth-order valence-electron chi connectivity index (χ4n) is 2.72. The molecule has 1 saturated carbocycles. The summed E-state index contributed by atoms with van der Waals surface area (Å²) >= 11 is 0. The maximum Gasteiger partial charge on any atom is 0.264 e. The van der Waals surface area contributed by atoms with E-state index in [0.717, 1.165) is 6.26 Å². The lowest BCUT2D eigenvalue weighted by atomic mass is 10.0. The fraction of sp³-hybridized carbons (Fsp3) is 0.889. The Bertz CT molecular complexity index is 379. The van der Waals surface area contributed by atoms with Gasteiger partial charge in [-0.05, 0) is 24.7 Å². The Morgan fingerprint density at radius 2 is 1.81 bits per heavy atom. The molecule has 2 rings (SSSR count). The third kappa shape index (κ3) is 2.46. The van der Waals surface area contributed by atoms with Gasteiger partial charge < -0.3 is 14.8 Å². The van der Waals surface area contributed by atoms with E-state index < -0.39 is 16.2 Å². The summed E-state index contributed by atoms with van der Waals surface area (Å²) < 4.78 is 26.8. The molecular formula is C9H14NO5S-. The number of carbonyl (C=O) groups is 1. The topological polar surface area (TPSA) is 86.7 Å². The van der Waals surface area contributed by atoms with Crippen LogP contribution in [0.4, 0.5) is 4.79 Å². The van der Waals surface area contributed by atoms with Gasteiger partial charge >= 0.3 is 0 Å². The Labute approximate surface area is 94.3 Å². The molecule has 7 heteroatoms. The third-order valence-corrected chi connectivity index (χ3v) is 3.90. The lowest BCUT2D eigenvalue weighted by molar-refractivity contribution is -0.264. The van der Waals surface area contributed by atoms with Crippen molar-refractivity contribution in [2.75, 3.05) is 19.3 Å². The first-order chi connectivity index (χ1) is 7.35. The predicted molar refractivity (Wildman–Crippen MR) is 52.9 cm³/mol. The molecular weight excluding hydrogens is 234 g/mol. The first-order valence-electron chi connectivity index (χ1n) is 5.19. The van der Waals surface area contributed by atoms with Crippen LogP contribution in [0, 0.1) is 11.8 Å². The van der Waals surface area contributed by atoms with Gasteiger partial charge in [0.25, 0.3) is 10.1 Å². The van der Waals surface area contributed by atoms with Gasteiger partial charge in [-0.15, -0.1) is 0 Å². The van der Waals surface area contributed by atoms with Crippen molar-refractivity contribution >= 4 is 16.2 Å². The van der Waals surface area contributed by atoms with Gasteiger partial charge in [0.05, 0.1) is 12.4 Å². The van der Waals surface area contributed by atoms with E-state index in [1.165, 1.54) is 4.90 Å². The van der Waals surface area contributed by atoms with Crippen LogP contribution >= 0.6 is 0 Å². The predicted octanol–water partition coefficient (Wildman–Crippen LogP) is -0.984. The summed E-state index contributed by atoms with van der Waals surface area (Å²) in [6, 6.07) is 0. The van der Waals surface area contributed by atoms with Crippen LogP contribution in [0.5, 0.6) is 0 Å². The lowest BCUT2D eigenvalue weighted by Gasteiger charge is -2.20. The molecule has 92 valence electrons. The molecule has 1 amide bonds. The van der Waals surface area contributed by atoms with Crippen LogP contribution in [-0.4, -0.2) is 44.9 Å². The molecule has 1 aliphatic carbocycles. The number of likely N-dealkylation sites (tertiary alicyclic amines) is 1. The number of carboxylic acid groups (broad SMARTS) is 1. The summed E-state index contributed by atoms with van der Waals surface area (Å²) in [7, 11) is -3.41. The maximum absolute atomic E-state index is 10.9. The van der Waals surface area contributed by atoms with Crippen molar-refractivity contribution in [1.29, 1.82) is 0 Å². The van der Waals surface area contributed by atoms with Crippen molar-refractivity contribution in [2.45, 2.75) is 18.9 Å². The molecule has 2 aliphatic rings. The molecule has 0 N–H and O–H groups in total. The highest BCUT2D eigenvalue weighted by atomic mass is 32.2. The Balaban J connectivity index is 1.91. The van der Waals surface area contributed by atoms with Gasteiger partial charge in [-0.2, -0.15) is 8.42 Å². The van der Waals surface area contributed by atoms with Crippen molar-refractivity contribution in [1.82, 2.24) is 4.90 Å². The van der Waals surface area contributed by atoms with Crippen molar-refractivity contribution in [2.24, 2.45) is 11.8 Å². The smallest absolute Gasteiger partial charge is 0.264 e. The fourth-order valence-corrected chi connectivity index (χ4v) is 3.37. The van der Waals surface area contributed by atoms with E-state index in [1.807, 2.05) is 0 Å². The minimum Gasteiger partial charge on any atom is -0.530 e. The first kappa shape index (κ1) is 11.7. The third-order valence-electron chi connectivity index (χ3n) is 3.28. The molecule has 0 aromatic carbocycles. The summed E-state index contributed by atoms with van der Waals surface area (Å²) in [5.74, 6) is 0.425. The van der Waals surface area contributed by atoms with Crippen molar-refractivity contribution < 1.29 is 22.5 Å².